The molecule has 0 bridgehead atoms. The van der Waals surface area contributed by atoms with Crippen molar-refractivity contribution in [3.63, 3.8) is 0 Å². The molecule has 9 heteroatoms. The number of phenolic OH excluding ortho intramolecular Hbond substituents is 2. The summed E-state index contributed by atoms with van der Waals surface area (Å²) in [7, 11) is 1.31. The molecule has 0 heterocycles. The number of hydrogen-bond acceptors (Lipinski definition) is 8. The van der Waals surface area contributed by atoms with Crippen molar-refractivity contribution in [1.29, 1.82) is 0 Å². The molecule has 0 aliphatic heterocycles. The fourth-order valence-corrected chi connectivity index (χ4v) is 4.34. The van der Waals surface area contributed by atoms with E-state index < -0.39 is 8.32 Å². The largest absolute Gasteiger partial charge is 0.507 e. The van der Waals surface area contributed by atoms with Crippen LogP contribution < -0.4 is 9.47 Å². The number of phenols is 2. The van der Waals surface area contributed by atoms with Gasteiger partial charge in [-0.15, -0.1) is 0 Å². The number of methoxy groups -OCH3 is 2. The average Bonchev–Trinajstić information content (AvgIpc) is 2.86. The van der Waals surface area contributed by atoms with Crippen LogP contribution in [0.5, 0.6) is 23.0 Å². The molecule has 37 heavy (non-hydrogen) atoms. The minimum atomic E-state index is -1.74. The van der Waals surface area contributed by atoms with Gasteiger partial charge in [0, 0.05) is 13.2 Å². The van der Waals surface area contributed by atoms with E-state index in [0.717, 1.165) is 12.0 Å². The summed E-state index contributed by atoms with van der Waals surface area (Å²) in [5.74, 6) is 1.13. The molecular formula is C28H42O8Si. The van der Waals surface area contributed by atoms with Crippen molar-refractivity contribution < 1.29 is 38.8 Å². The molecule has 0 spiro atoms. The van der Waals surface area contributed by atoms with Gasteiger partial charge in [-0.25, -0.2) is 0 Å². The predicted molar refractivity (Wildman–Crippen MR) is 147 cm³/mol. The molecule has 3 N–H and O–H groups in total. The molecule has 0 amide bonds. The van der Waals surface area contributed by atoms with Gasteiger partial charge in [0.05, 0.1) is 25.3 Å². The van der Waals surface area contributed by atoms with Crippen LogP contribution in [0.2, 0.25) is 18.1 Å². The van der Waals surface area contributed by atoms with Gasteiger partial charge in [0.15, 0.2) is 20.9 Å². The summed E-state index contributed by atoms with van der Waals surface area (Å²) in [6.07, 6.45) is 3.73. The molecule has 0 radical (unpaired) electrons. The van der Waals surface area contributed by atoms with Crippen LogP contribution in [0, 0.1) is 0 Å². The number of ether oxygens (including phenoxy) is 2. The van der Waals surface area contributed by atoms with Crippen LogP contribution in [0.15, 0.2) is 24.3 Å². The number of carbonyl (C=O) groups is 2. The fourth-order valence-electron chi connectivity index (χ4n) is 3.25. The zero-order valence-corrected chi connectivity index (χ0v) is 24.1. The zero-order valence-electron chi connectivity index (χ0n) is 23.1. The fraction of sp³-hybridized carbons (Fsp3) is 0.500. The molecule has 2 aromatic rings. The summed E-state index contributed by atoms with van der Waals surface area (Å²) < 4.78 is 16.3. The quantitative estimate of drug-likeness (QED) is 0.190. The maximum atomic E-state index is 11.0. The standard InChI is InChI=1S/C17H28O4Si.C11H14O4/c1-17(2,3)22(5,6)21-9-7-8-13-10-15(20-4)11-14(12-18)16(13)19;1-15-10-5-8(3-2-4-12)11(14)9(6-10)7-13/h10-12,19H,7-9H2,1-6H3;5-7,12,14H,2-4H2,1H3. The highest BCUT2D eigenvalue weighted by Crippen LogP contribution is 2.37. The monoisotopic (exact) mass is 534 g/mol. The summed E-state index contributed by atoms with van der Waals surface area (Å²) in [5, 5.41) is 28.6. The average molecular weight is 535 g/mol. The van der Waals surface area contributed by atoms with Gasteiger partial charge >= 0.3 is 0 Å². The molecule has 206 valence electrons. The molecule has 0 saturated carbocycles. The van der Waals surface area contributed by atoms with E-state index in [2.05, 4.69) is 33.9 Å². The minimum absolute atomic E-state index is 0.0285. The van der Waals surface area contributed by atoms with Crippen molar-refractivity contribution in [1.82, 2.24) is 0 Å². The van der Waals surface area contributed by atoms with Crippen molar-refractivity contribution in [3.05, 3.63) is 46.5 Å². The molecule has 0 fully saturated rings. The van der Waals surface area contributed by atoms with E-state index in [9.17, 15) is 19.8 Å². The third kappa shape index (κ3) is 9.49. The Hall–Kier alpha value is -2.88. The zero-order chi connectivity index (χ0) is 28.2. The summed E-state index contributed by atoms with van der Waals surface area (Å²) in [6.45, 7) is 11.8. The van der Waals surface area contributed by atoms with Gasteiger partial charge in [0.25, 0.3) is 0 Å². The van der Waals surface area contributed by atoms with E-state index in [4.69, 9.17) is 19.0 Å². The second-order valence-electron chi connectivity index (χ2n) is 10.2. The first-order valence-electron chi connectivity index (χ1n) is 12.3. The van der Waals surface area contributed by atoms with Crippen LogP contribution >= 0.6 is 0 Å². The lowest BCUT2D eigenvalue weighted by molar-refractivity contribution is 0.111. The Balaban J connectivity index is 0.000000397. The first-order valence-corrected chi connectivity index (χ1v) is 15.2. The lowest BCUT2D eigenvalue weighted by atomic mass is 10.0. The van der Waals surface area contributed by atoms with E-state index in [1.165, 1.54) is 19.2 Å². The topological polar surface area (TPSA) is 123 Å². The number of hydrogen-bond donors (Lipinski definition) is 3. The van der Waals surface area contributed by atoms with Gasteiger partial charge in [-0.05, 0) is 79.2 Å². The first kappa shape index (κ1) is 32.1. The Labute approximate surface area is 221 Å². The molecule has 0 aromatic heterocycles. The number of aliphatic hydroxyl groups excluding tert-OH is 1. The Morgan fingerprint density at radius 3 is 1.59 bits per heavy atom. The Morgan fingerprint density at radius 2 is 1.24 bits per heavy atom. The van der Waals surface area contributed by atoms with Crippen molar-refractivity contribution in [2.24, 2.45) is 0 Å². The number of aromatic hydroxyl groups is 2. The highest BCUT2D eigenvalue weighted by molar-refractivity contribution is 6.74. The number of carbonyl (C=O) groups excluding carboxylic acids is 2. The van der Waals surface area contributed by atoms with Crippen molar-refractivity contribution >= 4 is 20.9 Å². The van der Waals surface area contributed by atoms with Crippen LogP contribution in [0.1, 0.15) is 65.5 Å². The van der Waals surface area contributed by atoms with Crippen LogP contribution in [0.4, 0.5) is 0 Å². The Morgan fingerprint density at radius 1 is 0.811 bits per heavy atom. The van der Waals surface area contributed by atoms with E-state index in [1.807, 2.05) is 0 Å². The third-order valence-electron chi connectivity index (χ3n) is 6.57. The van der Waals surface area contributed by atoms with Crippen LogP contribution in [0.3, 0.4) is 0 Å². The highest BCUT2D eigenvalue weighted by Gasteiger charge is 2.36. The van der Waals surface area contributed by atoms with Crippen molar-refractivity contribution in [2.45, 2.75) is 64.6 Å². The SMILES string of the molecule is COc1cc(C=O)c(O)c(CCCO)c1.COc1cc(C=O)c(O)c(CCCO[Si](C)(C)C(C)(C)C)c1. The number of aldehydes is 2. The molecule has 0 atom stereocenters. The molecule has 0 aliphatic rings. The van der Waals surface area contributed by atoms with Crippen molar-refractivity contribution in [2.75, 3.05) is 27.4 Å². The number of aliphatic hydroxyl groups is 1. The van der Waals surface area contributed by atoms with Gasteiger partial charge in [-0.1, -0.05) is 20.8 Å². The summed E-state index contributed by atoms with van der Waals surface area (Å²) >= 11 is 0. The van der Waals surface area contributed by atoms with Gasteiger partial charge in [-0.2, -0.15) is 0 Å². The van der Waals surface area contributed by atoms with E-state index in [1.54, 1.807) is 19.2 Å². The molecule has 8 nitrogen and oxygen atoms in total. The lowest BCUT2D eigenvalue weighted by Gasteiger charge is -2.36. The molecule has 0 unspecified atom stereocenters. The van der Waals surface area contributed by atoms with E-state index in [0.29, 0.717) is 55.5 Å². The second-order valence-corrected chi connectivity index (χ2v) is 15.0. The van der Waals surface area contributed by atoms with Gasteiger partial charge in [0.1, 0.15) is 23.0 Å². The molecule has 2 rings (SSSR count). The van der Waals surface area contributed by atoms with Gasteiger partial charge in [-0.3, -0.25) is 9.59 Å². The molecule has 2 aromatic carbocycles. The maximum Gasteiger partial charge on any atom is 0.191 e. The smallest absolute Gasteiger partial charge is 0.191 e. The Bertz CT molecular complexity index is 1030. The number of rotatable bonds is 12. The van der Waals surface area contributed by atoms with Gasteiger partial charge in [0.2, 0.25) is 0 Å². The number of aryl methyl sites for hydroxylation is 2. The third-order valence-corrected chi connectivity index (χ3v) is 11.1. The van der Waals surface area contributed by atoms with Crippen LogP contribution in [0.25, 0.3) is 0 Å². The van der Waals surface area contributed by atoms with Gasteiger partial charge < -0.3 is 29.2 Å². The summed E-state index contributed by atoms with van der Waals surface area (Å²) in [4.78, 5) is 21.6. The molecule has 0 aliphatic carbocycles. The maximum absolute atomic E-state index is 11.0. The van der Waals surface area contributed by atoms with Crippen LogP contribution in [-0.4, -0.2) is 63.6 Å². The highest BCUT2D eigenvalue weighted by atomic mass is 28.4. The Kier molecular flexibility index (Phi) is 12.8. The normalized spacial score (nSPS) is 11.4. The van der Waals surface area contributed by atoms with Crippen molar-refractivity contribution in [3.8, 4) is 23.0 Å². The van der Waals surface area contributed by atoms with E-state index in [-0.39, 0.29) is 34.3 Å². The molecule has 0 saturated heterocycles. The summed E-state index contributed by atoms with van der Waals surface area (Å²) in [5.41, 5.74) is 1.81. The predicted octanol–water partition coefficient (Wildman–Crippen LogP) is 5.31. The first-order chi connectivity index (χ1) is 17.3. The second kappa shape index (κ2) is 14.8. The van der Waals surface area contributed by atoms with E-state index >= 15 is 0 Å². The number of benzene rings is 2. The minimum Gasteiger partial charge on any atom is -0.507 e. The molecular weight excluding hydrogens is 492 g/mol. The van der Waals surface area contributed by atoms with Crippen LogP contribution in [-0.2, 0) is 17.3 Å². The summed E-state index contributed by atoms with van der Waals surface area (Å²) in [6, 6.07) is 6.45. The lowest BCUT2D eigenvalue weighted by Crippen LogP contribution is -2.41.